The largest absolute Gasteiger partial charge is 0.485 e. The molecule has 1 heterocycles. The first-order valence-electron chi connectivity index (χ1n) is 14.5. The van der Waals surface area contributed by atoms with Crippen molar-refractivity contribution < 1.29 is 38.1 Å². The first-order chi connectivity index (χ1) is 19.3. The zero-order valence-electron chi connectivity index (χ0n) is 24.0. The minimum absolute atomic E-state index is 0.0678. The van der Waals surface area contributed by atoms with Gasteiger partial charge in [-0.25, -0.2) is 0 Å². The quantitative estimate of drug-likeness (QED) is 0.117. The first kappa shape index (κ1) is 31.6. The Morgan fingerprint density at radius 2 is 1.88 bits per heavy atom. The lowest BCUT2D eigenvalue weighted by molar-refractivity contribution is -0.193. The summed E-state index contributed by atoms with van der Waals surface area (Å²) in [4.78, 5) is 36.4. The first-order valence-corrected chi connectivity index (χ1v) is 14.5. The molecule has 3 rings (SSSR count). The molecule has 0 spiro atoms. The van der Waals surface area contributed by atoms with Gasteiger partial charge in [0.15, 0.2) is 18.7 Å². The number of ether oxygens (including phenoxy) is 5. The number of unbranched alkanes of at least 4 members (excludes halogenated alkanes) is 1. The van der Waals surface area contributed by atoms with Crippen LogP contribution in [0.2, 0.25) is 0 Å². The van der Waals surface area contributed by atoms with Crippen molar-refractivity contribution in [2.45, 2.75) is 96.7 Å². The summed E-state index contributed by atoms with van der Waals surface area (Å²) in [6, 6.07) is 9.21. The molecular formula is C32H44O8. The highest BCUT2D eigenvalue weighted by atomic mass is 16.7. The Morgan fingerprint density at radius 1 is 1.07 bits per heavy atom. The minimum atomic E-state index is -0.345. The van der Waals surface area contributed by atoms with Gasteiger partial charge in [0.25, 0.3) is 0 Å². The van der Waals surface area contributed by atoms with Crippen molar-refractivity contribution in [1.29, 1.82) is 0 Å². The van der Waals surface area contributed by atoms with Crippen molar-refractivity contribution in [1.82, 2.24) is 0 Å². The Hall–Kier alpha value is -2.97. The summed E-state index contributed by atoms with van der Waals surface area (Å²) in [5.41, 5.74) is 0. The van der Waals surface area contributed by atoms with Gasteiger partial charge in [-0.1, -0.05) is 36.4 Å². The Balaban J connectivity index is 1.66. The highest BCUT2D eigenvalue weighted by Crippen LogP contribution is 2.41. The molecular weight excluding hydrogens is 512 g/mol. The van der Waals surface area contributed by atoms with Gasteiger partial charge in [0, 0.05) is 38.2 Å². The summed E-state index contributed by atoms with van der Waals surface area (Å²) in [5, 5.41) is 0. The molecule has 8 nitrogen and oxygen atoms in total. The van der Waals surface area contributed by atoms with E-state index in [4.69, 9.17) is 23.7 Å². The van der Waals surface area contributed by atoms with Crippen LogP contribution < -0.4 is 4.74 Å². The van der Waals surface area contributed by atoms with Crippen molar-refractivity contribution in [3.8, 4) is 5.75 Å². The van der Waals surface area contributed by atoms with E-state index in [1.165, 1.54) is 6.92 Å². The lowest BCUT2D eigenvalue weighted by Crippen LogP contribution is -2.30. The van der Waals surface area contributed by atoms with Gasteiger partial charge in [-0.15, -0.1) is 0 Å². The average Bonchev–Trinajstić information content (AvgIpc) is 3.23. The van der Waals surface area contributed by atoms with E-state index in [9.17, 15) is 14.4 Å². The number of hydrogen-bond acceptors (Lipinski definition) is 8. The molecule has 0 radical (unpaired) electrons. The fraction of sp³-hybridized carbons (Fsp3) is 0.594. The SMILES string of the molecule is CC(=O)O[C@H]1C[C@@H](OC2CCCCO2)[C@H](/C=C/C(=O)COc2ccccc2)[C@H]1C/C=C\CCCC(=O)OC(C)C. The molecule has 1 saturated heterocycles. The zero-order valence-corrected chi connectivity index (χ0v) is 24.0. The van der Waals surface area contributed by atoms with Crippen LogP contribution in [0.15, 0.2) is 54.6 Å². The summed E-state index contributed by atoms with van der Waals surface area (Å²) in [6.45, 7) is 5.69. The van der Waals surface area contributed by atoms with Crippen LogP contribution in [0.4, 0.5) is 0 Å². The maximum atomic E-state index is 12.7. The van der Waals surface area contributed by atoms with Gasteiger partial charge in [0.05, 0.1) is 12.2 Å². The Morgan fingerprint density at radius 3 is 2.58 bits per heavy atom. The Labute approximate surface area is 238 Å². The third-order valence-electron chi connectivity index (χ3n) is 6.97. The van der Waals surface area contributed by atoms with E-state index < -0.39 is 0 Å². The molecule has 8 heteroatoms. The van der Waals surface area contributed by atoms with Crippen LogP contribution in [0.25, 0.3) is 0 Å². The highest BCUT2D eigenvalue weighted by molar-refractivity contribution is 5.91. The third kappa shape index (κ3) is 11.3. The number of carbonyl (C=O) groups excluding carboxylic acids is 3. The molecule has 1 aromatic rings. The van der Waals surface area contributed by atoms with Gasteiger partial charge in [-0.2, -0.15) is 0 Å². The molecule has 1 aliphatic heterocycles. The van der Waals surface area contributed by atoms with Gasteiger partial charge in [0.2, 0.25) is 0 Å². The molecule has 0 N–H and O–H groups in total. The summed E-state index contributed by atoms with van der Waals surface area (Å²) in [5.74, 6) is -0.274. The summed E-state index contributed by atoms with van der Waals surface area (Å²) in [7, 11) is 0. The van der Waals surface area contributed by atoms with Crippen molar-refractivity contribution in [3.63, 3.8) is 0 Å². The van der Waals surface area contributed by atoms with E-state index in [1.54, 1.807) is 18.2 Å². The van der Waals surface area contributed by atoms with Crippen LogP contribution in [0.5, 0.6) is 5.75 Å². The number of ketones is 1. The number of esters is 2. The van der Waals surface area contributed by atoms with Gasteiger partial charge < -0.3 is 23.7 Å². The van der Waals surface area contributed by atoms with Crippen LogP contribution >= 0.6 is 0 Å². The van der Waals surface area contributed by atoms with Crippen LogP contribution in [0, 0.1) is 11.8 Å². The monoisotopic (exact) mass is 556 g/mol. The molecule has 1 unspecified atom stereocenters. The third-order valence-corrected chi connectivity index (χ3v) is 6.97. The van der Waals surface area contributed by atoms with E-state index in [0.717, 1.165) is 25.7 Å². The Bertz CT molecular complexity index is 980. The number of hydrogen-bond donors (Lipinski definition) is 0. The number of carbonyl (C=O) groups is 3. The molecule has 1 aromatic carbocycles. The molecule has 2 fully saturated rings. The molecule has 40 heavy (non-hydrogen) atoms. The molecule has 5 atom stereocenters. The van der Waals surface area contributed by atoms with Crippen LogP contribution in [0.3, 0.4) is 0 Å². The van der Waals surface area contributed by atoms with Crippen molar-refractivity contribution in [2.75, 3.05) is 13.2 Å². The Kier molecular flexibility index (Phi) is 13.4. The van der Waals surface area contributed by atoms with Crippen molar-refractivity contribution >= 4 is 17.7 Å². The molecule has 0 bridgehead atoms. The molecule has 1 aliphatic carbocycles. The predicted molar refractivity (Wildman–Crippen MR) is 151 cm³/mol. The minimum Gasteiger partial charge on any atom is -0.485 e. The highest BCUT2D eigenvalue weighted by Gasteiger charge is 2.45. The van der Waals surface area contributed by atoms with Crippen LogP contribution in [-0.4, -0.2) is 55.5 Å². The topological polar surface area (TPSA) is 97.4 Å². The van der Waals surface area contributed by atoms with E-state index in [1.807, 2.05) is 44.2 Å². The summed E-state index contributed by atoms with van der Waals surface area (Å²) in [6.07, 6.45) is 12.4. The molecule has 2 aliphatic rings. The lowest BCUT2D eigenvalue weighted by atomic mass is 9.89. The fourth-order valence-corrected chi connectivity index (χ4v) is 5.16. The molecule has 0 aromatic heterocycles. The second kappa shape index (κ2) is 17.0. The molecule has 0 amide bonds. The van der Waals surface area contributed by atoms with Crippen LogP contribution in [0.1, 0.15) is 72.1 Å². The standard InChI is InChI=1S/C32H44O8/c1-23(2)38-31(35)16-10-5-4-9-15-27-28(19-18-25(34)22-37-26-13-7-6-8-14-26)30(21-29(27)39-24(3)33)40-32-17-11-12-20-36-32/h4,6-9,13-14,18-19,23,27-30,32H,5,10-12,15-17,20-22H2,1-3H3/b9-4-,19-18+/t27-,28-,29+,30-,32?/m1/s1. The zero-order chi connectivity index (χ0) is 28.7. The molecule has 220 valence electrons. The second-order valence-electron chi connectivity index (χ2n) is 10.7. The van der Waals surface area contributed by atoms with Crippen LogP contribution in [-0.2, 0) is 33.3 Å². The molecule has 1 saturated carbocycles. The number of para-hydroxylation sites is 1. The number of allylic oxidation sites excluding steroid dienone is 2. The summed E-state index contributed by atoms with van der Waals surface area (Å²) < 4.78 is 28.7. The van der Waals surface area contributed by atoms with Gasteiger partial charge in [-0.3, -0.25) is 14.4 Å². The maximum absolute atomic E-state index is 12.7. The van der Waals surface area contributed by atoms with Gasteiger partial charge in [0.1, 0.15) is 11.9 Å². The number of benzene rings is 1. The second-order valence-corrected chi connectivity index (χ2v) is 10.7. The van der Waals surface area contributed by atoms with Crippen molar-refractivity contribution in [2.24, 2.45) is 11.8 Å². The van der Waals surface area contributed by atoms with E-state index in [-0.39, 0.29) is 60.8 Å². The maximum Gasteiger partial charge on any atom is 0.306 e. The van der Waals surface area contributed by atoms with Gasteiger partial charge >= 0.3 is 11.9 Å². The van der Waals surface area contributed by atoms with Crippen molar-refractivity contribution in [3.05, 3.63) is 54.6 Å². The smallest absolute Gasteiger partial charge is 0.306 e. The van der Waals surface area contributed by atoms with E-state index in [2.05, 4.69) is 6.08 Å². The fourth-order valence-electron chi connectivity index (χ4n) is 5.16. The normalized spacial score (nSPS) is 24.9. The number of rotatable bonds is 15. The predicted octanol–water partition coefficient (Wildman–Crippen LogP) is 5.74. The lowest BCUT2D eigenvalue weighted by Gasteiger charge is -2.29. The van der Waals surface area contributed by atoms with E-state index >= 15 is 0 Å². The van der Waals surface area contributed by atoms with E-state index in [0.29, 0.717) is 38.0 Å². The summed E-state index contributed by atoms with van der Waals surface area (Å²) >= 11 is 0. The van der Waals surface area contributed by atoms with Gasteiger partial charge in [-0.05, 0) is 70.6 Å². The average molecular weight is 557 g/mol.